The zero-order chi connectivity index (χ0) is 30.7. The maximum Gasteiger partial charge on any atom is 0.333 e. The van der Waals surface area contributed by atoms with Gasteiger partial charge in [0, 0.05) is 31.4 Å². The number of carbonyl (C=O) groups excluding carboxylic acids is 2. The molecule has 0 saturated carbocycles. The number of aliphatic hydroxyl groups excluding tert-OH is 1. The number of anilines is 2. The fourth-order valence-corrected chi connectivity index (χ4v) is 3.18. The number of benzene rings is 2. The second kappa shape index (κ2) is 16.3. The molecule has 1 heterocycles. The number of amidine groups is 1. The predicted octanol–water partition coefficient (Wildman–Crippen LogP) is 2.22. The van der Waals surface area contributed by atoms with Crippen LogP contribution in [-0.4, -0.2) is 87.6 Å². The van der Waals surface area contributed by atoms with Crippen molar-refractivity contribution in [1.29, 1.82) is 5.41 Å². The third-order valence-corrected chi connectivity index (χ3v) is 5.43. The van der Waals surface area contributed by atoms with E-state index in [4.69, 9.17) is 37.1 Å². The second-order valence-corrected chi connectivity index (χ2v) is 8.89. The van der Waals surface area contributed by atoms with Crippen molar-refractivity contribution < 1.29 is 44.7 Å². The summed E-state index contributed by atoms with van der Waals surface area (Å²) < 4.78 is 5.22. The number of nitrogens with one attached hydrogen (secondary N) is 3. The molecule has 0 fully saturated rings. The Morgan fingerprint density at radius 2 is 1.60 bits per heavy atom. The number of hydrogen-bond donors (Lipinski definition) is 6. The molecule has 0 unspecified atom stereocenters. The minimum atomic E-state index is -1.79. The number of pyridine rings is 1. The smallest absolute Gasteiger partial charge is 0.333 e. The van der Waals surface area contributed by atoms with Crippen molar-refractivity contribution in [1.82, 2.24) is 9.88 Å². The molecule has 0 spiro atoms. The normalized spacial score (nSPS) is 10.5. The lowest BCUT2D eigenvalue weighted by molar-refractivity contribution is -0.152. The van der Waals surface area contributed by atoms with Crippen LogP contribution in [0.15, 0.2) is 60.8 Å². The first-order chi connectivity index (χ1) is 19.3. The van der Waals surface area contributed by atoms with Gasteiger partial charge in [0.15, 0.2) is 6.10 Å². The first-order valence-corrected chi connectivity index (χ1v) is 12.1. The van der Waals surface area contributed by atoms with Gasteiger partial charge in [0.25, 0.3) is 11.8 Å². The maximum absolute atomic E-state index is 12.9. The molecule has 224 valence electrons. The second-order valence-electron chi connectivity index (χ2n) is 8.45. The van der Waals surface area contributed by atoms with E-state index in [0.29, 0.717) is 39.2 Å². The van der Waals surface area contributed by atoms with Gasteiger partial charge in [0.1, 0.15) is 17.4 Å². The summed E-state index contributed by atoms with van der Waals surface area (Å²) in [5, 5.41) is 38.0. The summed E-state index contributed by atoms with van der Waals surface area (Å²) in [6, 6.07) is 14.6. The Bertz CT molecular complexity index is 1410. The van der Waals surface area contributed by atoms with Gasteiger partial charge in [-0.05, 0) is 42.5 Å². The number of ether oxygens (including phenoxy) is 1. The summed E-state index contributed by atoms with van der Waals surface area (Å²) in [6.07, 6.45) is -1.12. The quantitative estimate of drug-likeness (QED) is 0.154. The Morgan fingerprint density at radius 3 is 2.07 bits per heavy atom. The molecule has 3 rings (SSSR count). The number of hydrogen-bond acceptors (Lipinski definition) is 8. The molecule has 0 aliphatic heterocycles. The Labute approximate surface area is 245 Å². The highest BCUT2D eigenvalue weighted by Gasteiger charge is 2.18. The molecule has 2 aromatic carbocycles. The van der Waals surface area contributed by atoms with Crippen LogP contribution < -0.4 is 15.4 Å². The highest BCUT2D eigenvalue weighted by molar-refractivity contribution is 6.30. The van der Waals surface area contributed by atoms with Crippen LogP contribution in [0.3, 0.4) is 0 Å². The number of carboxylic acids is 2. The van der Waals surface area contributed by atoms with E-state index in [9.17, 15) is 19.2 Å². The SMILES string of the molecule is COc1ccc(NC(=O)c2ccc(C(=N)N(C)C)cc2)c(C(=O)Nc2ccc(Cl)cn2)c1.O.O=C(O)C[C@H](O)C(=O)O. The summed E-state index contributed by atoms with van der Waals surface area (Å²) in [5.41, 5.74) is 1.60. The van der Waals surface area contributed by atoms with Crippen molar-refractivity contribution in [2.45, 2.75) is 12.5 Å². The Balaban J connectivity index is 0.000000765. The molecule has 2 amide bonds. The van der Waals surface area contributed by atoms with Gasteiger partial charge >= 0.3 is 11.9 Å². The lowest BCUT2D eigenvalue weighted by Gasteiger charge is -2.15. The fourth-order valence-electron chi connectivity index (χ4n) is 3.07. The average molecular weight is 604 g/mol. The van der Waals surface area contributed by atoms with Gasteiger partial charge in [0.05, 0.1) is 29.8 Å². The van der Waals surface area contributed by atoms with E-state index in [0.717, 1.165) is 0 Å². The minimum Gasteiger partial charge on any atom is -0.497 e. The van der Waals surface area contributed by atoms with E-state index in [1.807, 2.05) is 0 Å². The first kappa shape index (κ1) is 35.0. The van der Waals surface area contributed by atoms with Crippen LogP contribution in [-0.2, 0) is 9.59 Å². The summed E-state index contributed by atoms with van der Waals surface area (Å²) in [6.45, 7) is 0. The van der Waals surface area contributed by atoms with Crippen LogP contribution in [0.25, 0.3) is 0 Å². The monoisotopic (exact) mass is 603 g/mol. The lowest BCUT2D eigenvalue weighted by Crippen LogP contribution is -2.22. The highest BCUT2D eigenvalue weighted by Crippen LogP contribution is 2.24. The number of methoxy groups -OCH3 is 1. The van der Waals surface area contributed by atoms with Crippen molar-refractivity contribution >= 4 is 52.7 Å². The number of carbonyl (C=O) groups is 4. The van der Waals surface area contributed by atoms with E-state index < -0.39 is 36.3 Å². The molecule has 15 heteroatoms. The highest BCUT2D eigenvalue weighted by atomic mass is 35.5. The van der Waals surface area contributed by atoms with Crippen molar-refractivity contribution in [3.63, 3.8) is 0 Å². The Hall–Kier alpha value is -5.05. The molecule has 0 aliphatic carbocycles. The molecule has 1 atom stereocenters. The molecular weight excluding hydrogens is 574 g/mol. The van der Waals surface area contributed by atoms with Crippen molar-refractivity contribution in [2.75, 3.05) is 31.8 Å². The van der Waals surface area contributed by atoms with Crippen LogP contribution >= 0.6 is 11.6 Å². The Morgan fingerprint density at radius 1 is 0.976 bits per heavy atom. The molecule has 0 radical (unpaired) electrons. The number of nitrogens with zero attached hydrogens (tertiary/aromatic N) is 2. The van der Waals surface area contributed by atoms with Crippen molar-refractivity contribution in [3.05, 3.63) is 82.5 Å². The molecule has 0 saturated heterocycles. The van der Waals surface area contributed by atoms with E-state index >= 15 is 0 Å². The van der Waals surface area contributed by atoms with E-state index in [1.165, 1.54) is 19.4 Å². The number of aliphatic carboxylic acids is 2. The molecule has 0 aliphatic rings. The third kappa shape index (κ3) is 10.5. The topological polar surface area (TPSA) is 234 Å². The molecule has 0 bridgehead atoms. The summed E-state index contributed by atoms with van der Waals surface area (Å²) in [7, 11) is 5.04. The molecular formula is C27H30ClN5O9. The van der Waals surface area contributed by atoms with Gasteiger partial charge < -0.3 is 41.1 Å². The Kier molecular flexibility index (Phi) is 13.6. The number of halogens is 1. The van der Waals surface area contributed by atoms with E-state index in [1.54, 1.807) is 67.5 Å². The zero-order valence-electron chi connectivity index (χ0n) is 22.7. The van der Waals surface area contributed by atoms with E-state index in [-0.39, 0.29) is 11.0 Å². The number of rotatable bonds is 9. The molecule has 42 heavy (non-hydrogen) atoms. The summed E-state index contributed by atoms with van der Waals surface area (Å²) in [4.78, 5) is 50.8. The number of carboxylic acid groups (broad SMARTS) is 2. The third-order valence-electron chi connectivity index (χ3n) is 5.21. The van der Waals surface area contributed by atoms with Gasteiger partial charge in [-0.15, -0.1) is 0 Å². The molecule has 14 nitrogen and oxygen atoms in total. The van der Waals surface area contributed by atoms with Crippen LogP contribution in [0, 0.1) is 5.41 Å². The van der Waals surface area contributed by atoms with Crippen molar-refractivity contribution in [2.24, 2.45) is 0 Å². The molecule has 3 aromatic rings. The average Bonchev–Trinajstić information content (AvgIpc) is 2.94. The van der Waals surface area contributed by atoms with Gasteiger partial charge in [-0.1, -0.05) is 23.7 Å². The summed E-state index contributed by atoms with van der Waals surface area (Å²) in [5.74, 6) is -2.59. The van der Waals surface area contributed by atoms with Gasteiger partial charge in [0.2, 0.25) is 0 Å². The van der Waals surface area contributed by atoms with Crippen LogP contribution in [0.4, 0.5) is 11.5 Å². The van der Waals surface area contributed by atoms with Gasteiger partial charge in [-0.3, -0.25) is 19.8 Å². The number of aromatic nitrogens is 1. The first-order valence-electron chi connectivity index (χ1n) is 11.7. The van der Waals surface area contributed by atoms with Gasteiger partial charge in [-0.2, -0.15) is 0 Å². The number of amides is 2. The number of aliphatic hydroxyl groups is 1. The minimum absolute atomic E-state index is 0. The zero-order valence-corrected chi connectivity index (χ0v) is 23.5. The van der Waals surface area contributed by atoms with E-state index in [2.05, 4.69) is 15.6 Å². The maximum atomic E-state index is 12.9. The van der Waals surface area contributed by atoms with Crippen LogP contribution in [0.1, 0.15) is 32.7 Å². The molecule has 1 aromatic heterocycles. The largest absolute Gasteiger partial charge is 0.497 e. The fraction of sp³-hybridized carbons (Fsp3) is 0.185. The van der Waals surface area contributed by atoms with Crippen LogP contribution in [0.5, 0.6) is 5.75 Å². The lowest BCUT2D eigenvalue weighted by atomic mass is 10.1. The molecule has 8 N–H and O–H groups in total. The van der Waals surface area contributed by atoms with Crippen molar-refractivity contribution in [3.8, 4) is 5.75 Å². The summed E-state index contributed by atoms with van der Waals surface area (Å²) >= 11 is 5.83. The van der Waals surface area contributed by atoms with Gasteiger partial charge in [-0.25, -0.2) is 9.78 Å². The predicted molar refractivity (Wildman–Crippen MR) is 155 cm³/mol. The van der Waals surface area contributed by atoms with Crippen LogP contribution in [0.2, 0.25) is 5.02 Å². The standard InChI is InChI=1S/C23H22ClN5O3.C4H6O5.H2O/c1-29(2)21(25)14-4-6-15(7-5-14)22(30)27-19-10-9-17(32-3)12-18(19)23(31)28-20-11-8-16(24)13-26-20;5-2(4(8)9)1-3(6)7;/h4-13,25H,1-3H3,(H,27,30)(H,26,28,31);2,5H,1H2,(H,6,7)(H,8,9);1H2/t;2-;/m.0./s1.